The van der Waals surface area contributed by atoms with Gasteiger partial charge >= 0.3 is 6.09 Å². The van der Waals surface area contributed by atoms with E-state index in [0.717, 1.165) is 12.8 Å². The van der Waals surface area contributed by atoms with E-state index in [1.54, 1.807) is 29.2 Å². The minimum atomic E-state index is -0.497. The highest BCUT2D eigenvalue weighted by Crippen LogP contribution is 2.23. The third-order valence-corrected chi connectivity index (χ3v) is 4.06. The SMILES string of the molecule is CC(C)(C)OC(=O)N1CCCC(CC(=O)c2ccc(Cl)cc2)C1. The van der Waals surface area contributed by atoms with Crippen LogP contribution in [0.25, 0.3) is 0 Å². The summed E-state index contributed by atoms with van der Waals surface area (Å²) in [5.41, 5.74) is 0.173. The second-order valence-corrected chi connectivity index (χ2v) is 7.51. The van der Waals surface area contributed by atoms with Crippen LogP contribution in [0.1, 0.15) is 50.4 Å². The van der Waals surface area contributed by atoms with Crippen molar-refractivity contribution in [3.05, 3.63) is 34.9 Å². The van der Waals surface area contributed by atoms with Crippen LogP contribution < -0.4 is 0 Å². The molecule has 126 valence electrons. The first-order valence-corrected chi connectivity index (χ1v) is 8.39. The number of hydrogen-bond donors (Lipinski definition) is 0. The third kappa shape index (κ3) is 5.54. The number of ketones is 1. The van der Waals surface area contributed by atoms with E-state index in [1.807, 2.05) is 20.8 Å². The number of ether oxygens (including phenoxy) is 1. The molecule has 1 amide bonds. The fourth-order valence-electron chi connectivity index (χ4n) is 2.74. The molecule has 1 fully saturated rings. The summed E-state index contributed by atoms with van der Waals surface area (Å²) in [4.78, 5) is 26.2. The van der Waals surface area contributed by atoms with E-state index in [1.165, 1.54) is 0 Å². The molecular weight excluding hydrogens is 314 g/mol. The summed E-state index contributed by atoms with van der Waals surface area (Å²) < 4.78 is 5.42. The van der Waals surface area contributed by atoms with Gasteiger partial charge in [0.2, 0.25) is 0 Å². The van der Waals surface area contributed by atoms with E-state index < -0.39 is 5.60 Å². The van der Waals surface area contributed by atoms with Crippen LogP contribution in [0.15, 0.2) is 24.3 Å². The number of carbonyl (C=O) groups excluding carboxylic acids is 2. The molecular formula is C18H24ClNO3. The maximum atomic E-state index is 12.4. The Kier molecular flexibility index (Phi) is 5.69. The van der Waals surface area contributed by atoms with Gasteiger partial charge in [-0.2, -0.15) is 0 Å². The zero-order valence-corrected chi connectivity index (χ0v) is 14.7. The molecule has 0 bridgehead atoms. The van der Waals surface area contributed by atoms with Crippen LogP contribution in [0.4, 0.5) is 4.79 Å². The summed E-state index contributed by atoms with van der Waals surface area (Å²) in [6, 6.07) is 6.95. The highest BCUT2D eigenvalue weighted by Gasteiger charge is 2.28. The summed E-state index contributed by atoms with van der Waals surface area (Å²) in [5.74, 6) is 0.275. The zero-order chi connectivity index (χ0) is 17.0. The van der Waals surface area contributed by atoms with Crippen LogP contribution in [0.3, 0.4) is 0 Å². The molecule has 0 aromatic heterocycles. The number of nitrogens with zero attached hydrogens (tertiary/aromatic N) is 1. The van der Waals surface area contributed by atoms with Gasteiger partial charge in [0.1, 0.15) is 5.60 Å². The summed E-state index contributed by atoms with van der Waals surface area (Å²) in [6.45, 7) is 6.85. The topological polar surface area (TPSA) is 46.6 Å². The van der Waals surface area contributed by atoms with Crippen LogP contribution in [-0.4, -0.2) is 35.5 Å². The number of rotatable bonds is 3. The Hall–Kier alpha value is -1.55. The minimum Gasteiger partial charge on any atom is -0.444 e. The van der Waals surface area contributed by atoms with E-state index >= 15 is 0 Å². The van der Waals surface area contributed by atoms with Crippen molar-refractivity contribution in [1.29, 1.82) is 0 Å². The first-order chi connectivity index (χ1) is 10.7. The van der Waals surface area contributed by atoms with Crippen LogP contribution in [-0.2, 0) is 4.74 Å². The van der Waals surface area contributed by atoms with Gasteiger partial charge in [0, 0.05) is 30.1 Å². The largest absolute Gasteiger partial charge is 0.444 e. The number of amides is 1. The molecule has 0 aliphatic carbocycles. The van der Waals surface area contributed by atoms with Gasteiger partial charge in [0.25, 0.3) is 0 Å². The molecule has 1 atom stereocenters. The highest BCUT2D eigenvalue weighted by atomic mass is 35.5. The molecule has 1 saturated heterocycles. The average Bonchev–Trinajstić information content (AvgIpc) is 2.46. The minimum absolute atomic E-state index is 0.0951. The third-order valence-electron chi connectivity index (χ3n) is 3.81. The number of hydrogen-bond acceptors (Lipinski definition) is 3. The lowest BCUT2D eigenvalue weighted by atomic mass is 9.91. The van der Waals surface area contributed by atoms with E-state index in [2.05, 4.69) is 0 Å². The summed E-state index contributed by atoms with van der Waals surface area (Å²) in [7, 11) is 0. The Balaban J connectivity index is 1.92. The van der Waals surface area contributed by atoms with Gasteiger partial charge in [-0.1, -0.05) is 11.6 Å². The van der Waals surface area contributed by atoms with E-state index in [9.17, 15) is 9.59 Å². The van der Waals surface area contributed by atoms with Crippen LogP contribution >= 0.6 is 11.6 Å². The van der Waals surface area contributed by atoms with Crippen molar-refractivity contribution >= 4 is 23.5 Å². The number of piperidine rings is 1. The Bertz CT molecular complexity index is 563. The lowest BCUT2D eigenvalue weighted by Crippen LogP contribution is -2.43. The van der Waals surface area contributed by atoms with Crippen LogP contribution in [0, 0.1) is 5.92 Å². The molecule has 1 aromatic carbocycles. The summed E-state index contributed by atoms with van der Waals surface area (Å²) in [6.07, 6.45) is 2.01. The number of Topliss-reactive ketones (excluding diaryl/α,β-unsaturated/α-hetero) is 1. The molecule has 1 aromatic rings. The van der Waals surface area contributed by atoms with Gasteiger partial charge in [-0.3, -0.25) is 4.79 Å². The van der Waals surface area contributed by atoms with Crippen molar-refractivity contribution in [1.82, 2.24) is 4.90 Å². The highest BCUT2D eigenvalue weighted by molar-refractivity contribution is 6.30. The van der Waals surface area contributed by atoms with Crippen LogP contribution in [0.5, 0.6) is 0 Å². The van der Waals surface area contributed by atoms with Crippen molar-refractivity contribution in [2.24, 2.45) is 5.92 Å². The first-order valence-electron chi connectivity index (χ1n) is 8.01. The van der Waals surface area contributed by atoms with Gasteiger partial charge in [-0.25, -0.2) is 4.79 Å². The number of halogens is 1. The van der Waals surface area contributed by atoms with E-state index in [-0.39, 0.29) is 17.8 Å². The number of likely N-dealkylation sites (tertiary alicyclic amines) is 1. The normalized spacial score (nSPS) is 18.6. The predicted octanol–water partition coefficient (Wildman–Crippen LogP) is 4.56. The first kappa shape index (κ1) is 17.8. The molecule has 1 heterocycles. The molecule has 1 unspecified atom stereocenters. The van der Waals surface area contributed by atoms with Crippen molar-refractivity contribution < 1.29 is 14.3 Å². The number of carbonyl (C=O) groups is 2. The maximum absolute atomic E-state index is 12.4. The van der Waals surface area contributed by atoms with Gasteiger partial charge in [0.15, 0.2) is 5.78 Å². The van der Waals surface area contributed by atoms with Crippen LogP contribution in [0.2, 0.25) is 5.02 Å². The fourth-order valence-corrected chi connectivity index (χ4v) is 2.87. The van der Waals surface area contributed by atoms with Gasteiger partial charge in [0.05, 0.1) is 0 Å². The van der Waals surface area contributed by atoms with Crippen molar-refractivity contribution in [3.8, 4) is 0 Å². The second-order valence-electron chi connectivity index (χ2n) is 7.07. The molecule has 1 aliphatic rings. The lowest BCUT2D eigenvalue weighted by molar-refractivity contribution is 0.0161. The number of benzene rings is 1. The van der Waals surface area contributed by atoms with Gasteiger partial charge in [-0.15, -0.1) is 0 Å². The standard InChI is InChI=1S/C18H24ClNO3/c1-18(2,3)23-17(22)20-10-4-5-13(12-20)11-16(21)14-6-8-15(19)9-7-14/h6-9,13H,4-5,10-12H2,1-3H3. The fraction of sp³-hybridized carbons (Fsp3) is 0.556. The predicted molar refractivity (Wildman–Crippen MR) is 90.9 cm³/mol. The zero-order valence-electron chi connectivity index (χ0n) is 14.0. The van der Waals surface area contributed by atoms with Crippen molar-refractivity contribution in [2.45, 2.75) is 45.6 Å². The Labute approximate surface area is 142 Å². The molecule has 23 heavy (non-hydrogen) atoms. The smallest absolute Gasteiger partial charge is 0.410 e. The molecule has 0 N–H and O–H groups in total. The van der Waals surface area contributed by atoms with Gasteiger partial charge < -0.3 is 9.64 Å². The molecule has 1 aliphatic heterocycles. The second kappa shape index (κ2) is 7.35. The quantitative estimate of drug-likeness (QED) is 0.759. The molecule has 0 saturated carbocycles. The lowest BCUT2D eigenvalue weighted by Gasteiger charge is -2.34. The Morgan fingerprint density at radius 1 is 1.26 bits per heavy atom. The average molecular weight is 338 g/mol. The maximum Gasteiger partial charge on any atom is 0.410 e. The Morgan fingerprint density at radius 2 is 1.91 bits per heavy atom. The van der Waals surface area contributed by atoms with Crippen molar-refractivity contribution in [2.75, 3.05) is 13.1 Å². The summed E-state index contributed by atoms with van der Waals surface area (Å²) in [5, 5.41) is 0.621. The molecule has 5 heteroatoms. The van der Waals surface area contributed by atoms with Gasteiger partial charge in [-0.05, 0) is 63.8 Å². The molecule has 0 radical (unpaired) electrons. The summed E-state index contributed by atoms with van der Waals surface area (Å²) >= 11 is 5.85. The van der Waals surface area contributed by atoms with E-state index in [0.29, 0.717) is 30.1 Å². The monoisotopic (exact) mass is 337 g/mol. The van der Waals surface area contributed by atoms with Crippen molar-refractivity contribution in [3.63, 3.8) is 0 Å². The molecule has 4 nitrogen and oxygen atoms in total. The molecule has 2 rings (SSSR count). The Morgan fingerprint density at radius 3 is 2.52 bits per heavy atom. The molecule has 0 spiro atoms. The van der Waals surface area contributed by atoms with E-state index in [4.69, 9.17) is 16.3 Å².